The Morgan fingerprint density at radius 1 is 1.29 bits per heavy atom. The van der Waals surface area contributed by atoms with E-state index >= 15 is 0 Å². The first-order valence-corrected chi connectivity index (χ1v) is 10.5. The molecule has 2 atom stereocenters. The molecule has 0 aliphatic carbocycles. The number of hydrogen-bond donors (Lipinski definition) is 2. The number of aromatic nitrogens is 1. The summed E-state index contributed by atoms with van der Waals surface area (Å²) >= 11 is 6.31. The number of nitrogens with one attached hydrogen (secondary N) is 2. The van der Waals surface area contributed by atoms with Crippen LogP contribution < -0.4 is 15.5 Å². The molecule has 7 nitrogen and oxygen atoms in total. The van der Waals surface area contributed by atoms with Gasteiger partial charge in [-0.05, 0) is 31.0 Å². The summed E-state index contributed by atoms with van der Waals surface area (Å²) in [7, 11) is 3.47. The van der Waals surface area contributed by atoms with Crippen molar-refractivity contribution in [2.45, 2.75) is 25.4 Å². The van der Waals surface area contributed by atoms with Gasteiger partial charge in [0.1, 0.15) is 12.4 Å². The number of halogens is 2. The second-order valence-corrected chi connectivity index (χ2v) is 8.02. The number of anilines is 1. The Kier molecular flexibility index (Phi) is 9.83. The Bertz CT molecular complexity index is 879. The highest BCUT2D eigenvalue weighted by Gasteiger charge is 2.26. The summed E-state index contributed by atoms with van der Waals surface area (Å²) in [4.78, 5) is 24.7. The van der Waals surface area contributed by atoms with Crippen LogP contribution in [0.4, 0.5) is 5.82 Å². The van der Waals surface area contributed by atoms with Crippen molar-refractivity contribution in [2.24, 2.45) is 4.99 Å². The molecule has 2 aromatic rings. The second-order valence-electron chi connectivity index (χ2n) is 7.61. The first-order valence-electron chi connectivity index (χ1n) is 10.1. The zero-order valence-electron chi connectivity index (χ0n) is 18.1. The van der Waals surface area contributed by atoms with Gasteiger partial charge in [0, 0.05) is 39.4 Å². The molecular weight excluding hydrogens is 527 g/mol. The Hall–Kier alpha value is -2.07. The Labute approximate surface area is 206 Å². The fourth-order valence-corrected chi connectivity index (χ4v) is 3.57. The van der Waals surface area contributed by atoms with Gasteiger partial charge >= 0.3 is 0 Å². The molecule has 0 radical (unpaired) electrons. The second kappa shape index (κ2) is 12.1. The number of pyridine rings is 1. The minimum atomic E-state index is -0.0446. The quantitative estimate of drug-likeness (QED) is 0.325. The van der Waals surface area contributed by atoms with Crippen LogP contribution in [0.15, 0.2) is 53.7 Å². The summed E-state index contributed by atoms with van der Waals surface area (Å²) in [5, 5.41) is 7.57. The van der Waals surface area contributed by atoms with Crippen molar-refractivity contribution in [3.63, 3.8) is 0 Å². The normalized spacial score (nSPS) is 17.0. The smallest absolute Gasteiger partial charge is 0.243 e. The van der Waals surface area contributed by atoms with E-state index in [2.05, 4.69) is 44.6 Å². The van der Waals surface area contributed by atoms with Gasteiger partial charge in [0.25, 0.3) is 0 Å². The first kappa shape index (κ1) is 25.2. The van der Waals surface area contributed by atoms with E-state index in [4.69, 9.17) is 11.6 Å². The molecule has 9 heteroatoms. The molecule has 168 valence electrons. The molecule has 31 heavy (non-hydrogen) atoms. The highest BCUT2D eigenvalue weighted by Crippen LogP contribution is 2.25. The van der Waals surface area contributed by atoms with Crippen LogP contribution in [0.2, 0.25) is 5.02 Å². The fraction of sp³-hybridized carbons (Fsp3) is 0.409. The number of hydrogen-bond acceptors (Lipinski definition) is 4. The number of rotatable bonds is 6. The van der Waals surface area contributed by atoms with Gasteiger partial charge in [0.2, 0.25) is 5.91 Å². The maximum atomic E-state index is 12.0. The minimum Gasteiger partial charge on any atom is -0.353 e. The largest absolute Gasteiger partial charge is 0.353 e. The van der Waals surface area contributed by atoms with E-state index in [0.717, 1.165) is 30.9 Å². The molecule has 1 saturated heterocycles. The molecule has 2 heterocycles. The zero-order chi connectivity index (χ0) is 21.5. The highest BCUT2D eigenvalue weighted by molar-refractivity contribution is 14.0. The number of nitrogens with zero attached hydrogens (tertiary/aromatic N) is 4. The Morgan fingerprint density at radius 3 is 2.71 bits per heavy atom. The molecule has 1 fully saturated rings. The Balaban J connectivity index is 0.00000341. The number of amides is 1. The van der Waals surface area contributed by atoms with Crippen LogP contribution in [-0.2, 0) is 4.79 Å². The number of benzene rings is 1. The van der Waals surface area contributed by atoms with Crippen molar-refractivity contribution >= 4 is 53.3 Å². The lowest BCUT2D eigenvalue weighted by Gasteiger charge is -2.23. The van der Waals surface area contributed by atoms with Crippen molar-refractivity contribution in [1.29, 1.82) is 0 Å². The predicted octanol–water partition coefficient (Wildman–Crippen LogP) is 3.32. The molecule has 3 rings (SSSR count). The van der Waals surface area contributed by atoms with Crippen LogP contribution in [0.3, 0.4) is 0 Å². The van der Waals surface area contributed by atoms with Gasteiger partial charge in [-0.3, -0.25) is 4.79 Å². The van der Waals surface area contributed by atoms with Crippen LogP contribution in [0, 0.1) is 0 Å². The molecular formula is C22H30ClIN6O. The molecule has 1 aliphatic heterocycles. The third kappa shape index (κ3) is 7.24. The van der Waals surface area contributed by atoms with Crippen molar-refractivity contribution in [2.75, 3.05) is 38.6 Å². The Morgan fingerprint density at radius 2 is 2.03 bits per heavy atom. The maximum absolute atomic E-state index is 12.0. The van der Waals surface area contributed by atoms with Crippen LogP contribution >= 0.6 is 35.6 Å². The van der Waals surface area contributed by atoms with Gasteiger partial charge in [-0.2, -0.15) is 0 Å². The molecule has 2 unspecified atom stereocenters. The fourth-order valence-electron chi connectivity index (χ4n) is 3.33. The average Bonchev–Trinajstić information content (AvgIpc) is 3.20. The number of carbonyl (C=O) groups is 1. The molecule has 2 N–H and O–H groups in total. The zero-order valence-corrected chi connectivity index (χ0v) is 21.2. The minimum absolute atomic E-state index is 0. The maximum Gasteiger partial charge on any atom is 0.243 e. The van der Waals surface area contributed by atoms with Crippen molar-refractivity contribution in [3.05, 3.63) is 59.2 Å². The number of aliphatic imine (C=N–C) groups is 1. The van der Waals surface area contributed by atoms with E-state index in [1.54, 1.807) is 25.2 Å². The summed E-state index contributed by atoms with van der Waals surface area (Å²) in [5.74, 6) is 1.38. The van der Waals surface area contributed by atoms with E-state index in [0.29, 0.717) is 11.0 Å². The lowest BCUT2D eigenvalue weighted by Crippen LogP contribution is -2.46. The lowest BCUT2D eigenvalue weighted by atomic mass is 10.1. The monoisotopic (exact) mass is 556 g/mol. The molecule has 1 amide bonds. The summed E-state index contributed by atoms with van der Waals surface area (Å²) in [6, 6.07) is 14.1. The third-order valence-electron chi connectivity index (χ3n) is 5.09. The van der Waals surface area contributed by atoms with Gasteiger partial charge in [-0.1, -0.05) is 41.9 Å². The van der Waals surface area contributed by atoms with Crippen LogP contribution in [-0.4, -0.2) is 61.5 Å². The van der Waals surface area contributed by atoms with Crippen molar-refractivity contribution in [3.8, 4) is 0 Å². The van der Waals surface area contributed by atoms with Crippen LogP contribution in [0.5, 0.6) is 0 Å². The molecule has 1 aliphatic rings. The molecule has 0 bridgehead atoms. The standard InChI is InChI=1S/C22H29ClN6O.HI/c1-16(17-8-5-4-6-9-17)26-22(25-14-20(30)28(2)3)27-18-11-13-29(15-18)21-19(23)10-7-12-24-21;/h4-10,12,16,18H,11,13-15H2,1-3H3,(H2,25,26,27);1H. The average molecular weight is 557 g/mol. The van der Waals surface area contributed by atoms with Gasteiger partial charge in [0.05, 0.1) is 11.1 Å². The predicted molar refractivity (Wildman–Crippen MR) is 137 cm³/mol. The molecule has 0 saturated carbocycles. The summed E-state index contributed by atoms with van der Waals surface area (Å²) in [5.41, 5.74) is 1.15. The van der Waals surface area contributed by atoms with Gasteiger partial charge in [-0.25, -0.2) is 9.98 Å². The summed E-state index contributed by atoms with van der Waals surface area (Å²) in [6.07, 6.45) is 2.68. The summed E-state index contributed by atoms with van der Waals surface area (Å²) < 4.78 is 0. The molecule has 0 spiro atoms. The third-order valence-corrected chi connectivity index (χ3v) is 5.39. The first-order chi connectivity index (χ1) is 14.4. The number of guanidine groups is 1. The van der Waals surface area contributed by atoms with Crippen LogP contribution in [0.1, 0.15) is 24.9 Å². The summed E-state index contributed by atoms with van der Waals surface area (Å²) in [6.45, 7) is 3.78. The SMILES string of the molecule is CC(NC(=NCC(=O)N(C)C)NC1CCN(c2ncccc2Cl)C1)c1ccccc1.I. The van der Waals surface area contributed by atoms with Gasteiger partial charge < -0.3 is 20.4 Å². The van der Waals surface area contributed by atoms with Crippen molar-refractivity contribution < 1.29 is 4.79 Å². The highest BCUT2D eigenvalue weighted by atomic mass is 127. The van der Waals surface area contributed by atoms with E-state index in [1.165, 1.54) is 0 Å². The number of likely N-dealkylation sites (N-methyl/N-ethyl adjacent to an activating group) is 1. The van der Waals surface area contributed by atoms with E-state index < -0.39 is 0 Å². The molecule has 1 aromatic carbocycles. The van der Waals surface area contributed by atoms with E-state index in [1.807, 2.05) is 30.3 Å². The van der Waals surface area contributed by atoms with Gasteiger partial charge in [-0.15, -0.1) is 24.0 Å². The topological polar surface area (TPSA) is 72.9 Å². The lowest BCUT2D eigenvalue weighted by molar-refractivity contribution is -0.127. The molecule has 1 aromatic heterocycles. The van der Waals surface area contributed by atoms with Crippen LogP contribution in [0.25, 0.3) is 0 Å². The van der Waals surface area contributed by atoms with E-state index in [-0.39, 0.29) is 48.5 Å². The van der Waals surface area contributed by atoms with Crippen molar-refractivity contribution in [1.82, 2.24) is 20.5 Å². The van der Waals surface area contributed by atoms with E-state index in [9.17, 15) is 4.79 Å². The number of carbonyl (C=O) groups excluding carboxylic acids is 1. The van der Waals surface area contributed by atoms with Gasteiger partial charge in [0.15, 0.2) is 5.96 Å².